The van der Waals surface area contributed by atoms with Crippen molar-refractivity contribution in [2.24, 2.45) is 40.4 Å². The predicted molar refractivity (Wildman–Crippen MR) is 122 cm³/mol. The largest absolute Gasteiger partial charge is 0.295 e. The Balaban J connectivity index is 1.65. The number of hydrogen-bond donors (Lipinski definition) is 0. The molecule has 0 aliphatic heterocycles. The van der Waals surface area contributed by atoms with E-state index in [0.29, 0.717) is 34.9 Å². The van der Waals surface area contributed by atoms with E-state index in [1.54, 1.807) is 11.1 Å². The molecule has 158 valence electrons. The van der Waals surface area contributed by atoms with Crippen molar-refractivity contribution in [2.45, 2.75) is 80.1 Å². The molecule has 1 fully saturated rings. The zero-order valence-electron chi connectivity index (χ0n) is 19.4. The van der Waals surface area contributed by atoms with E-state index in [4.69, 9.17) is 0 Å². The number of allylic oxidation sites excluding steroid dienone is 8. The molecule has 4 aliphatic carbocycles. The topological polar surface area (TPSA) is 17.1 Å². The van der Waals surface area contributed by atoms with Gasteiger partial charge in [-0.05, 0) is 89.7 Å². The van der Waals surface area contributed by atoms with Crippen LogP contribution in [0.3, 0.4) is 0 Å². The van der Waals surface area contributed by atoms with Gasteiger partial charge in [-0.2, -0.15) is 0 Å². The Hall–Kier alpha value is -1.37. The maximum absolute atomic E-state index is 12.0. The summed E-state index contributed by atoms with van der Waals surface area (Å²) in [5, 5.41) is 0. The van der Waals surface area contributed by atoms with Gasteiger partial charge in [0.2, 0.25) is 0 Å². The minimum Gasteiger partial charge on any atom is -0.295 e. The maximum atomic E-state index is 12.0. The van der Waals surface area contributed by atoms with Gasteiger partial charge in [-0.1, -0.05) is 71.4 Å². The van der Waals surface area contributed by atoms with Crippen LogP contribution < -0.4 is 0 Å². The summed E-state index contributed by atoms with van der Waals surface area (Å²) in [5.74, 6) is 3.69. The lowest BCUT2D eigenvalue weighted by Crippen LogP contribution is -2.41. The summed E-state index contributed by atoms with van der Waals surface area (Å²) in [6, 6.07) is 0. The van der Waals surface area contributed by atoms with E-state index in [9.17, 15) is 4.79 Å². The number of fused-ring (bicyclic) bond motifs is 4. The first-order valence-corrected chi connectivity index (χ1v) is 12.0. The molecular weight excluding hydrogens is 352 g/mol. The van der Waals surface area contributed by atoms with Crippen LogP contribution in [0.5, 0.6) is 0 Å². The van der Waals surface area contributed by atoms with Crippen molar-refractivity contribution in [1.82, 2.24) is 0 Å². The molecule has 4 aliphatic rings. The van der Waals surface area contributed by atoms with Gasteiger partial charge in [0.1, 0.15) is 0 Å². The zero-order valence-corrected chi connectivity index (χ0v) is 19.4. The molecule has 4 rings (SSSR count). The molecule has 0 spiro atoms. The van der Waals surface area contributed by atoms with Gasteiger partial charge in [-0.25, -0.2) is 0 Å². The monoisotopic (exact) mass is 392 g/mol. The van der Waals surface area contributed by atoms with Crippen molar-refractivity contribution in [3.8, 4) is 0 Å². The first-order chi connectivity index (χ1) is 13.7. The Labute approximate surface area is 178 Å². The summed E-state index contributed by atoms with van der Waals surface area (Å²) in [5.41, 5.74) is 5.21. The fourth-order valence-corrected chi connectivity index (χ4v) is 6.91. The smallest absolute Gasteiger partial charge is 0.156 e. The molecule has 29 heavy (non-hydrogen) atoms. The van der Waals surface area contributed by atoms with Crippen LogP contribution in [-0.2, 0) is 4.79 Å². The van der Waals surface area contributed by atoms with Crippen LogP contribution in [0.4, 0.5) is 0 Å². The summed E-state index contributed by atoms with van der Waals surface area (Å²) < 4.78 is 0. The minimum absolute atomic E-state index is 0.169. The fraction of sp³-hybridized carbons (Fsp3) is 0.679. The average Bonchev–Trinajstić information content (AvgIpc) is 3.03. The molecule has 0 heterocycles. The summed E-state index contributed by atoms with van der Waals surface area (Å²) in [7, 11) is 0. The molecule has 0 amide bonds. The lowest BCUT2D eigenvalue weighted by Gasteiger charge is -2.51. The lowest BCUT2D eigenvalue weighted by molar-refractivity contribution is -0.116. The highest BCUT2D eigenvalue weighted by molar-refractivity contribution is 5.92. The van der Waals surface area contributed by atoms with E-state index in [1.165, 1.54) is 31.3 Å². The van der Waals surface area contributed by atoms with Crippen molar-refractivity contribution in [3.05, 3.63) is 47.1 Å². The van der Waals surface area contributed by atoms with Gasteiger partial charge in [0.25, 0.3) is 0 Å². The highest BCUT2D eigenvalue weighted by atomic mass is 16.1. The molecule has 6 atom stereocenters. The van der Waals surface area contributed by atoms with Gasteiger partial charge in [-0.3, -0.25) is 4.79 Å². The van der Waals surface area contributed by atoms with Gasteiger partial charge in [-0.15, -0.1) is 0 Å². The van der Waals surface area contributed by atoms with Crippen LogP contribution in [0.1, 0.15) is 80.1 Å². The standard InChI is InChI=1S/C28H40O/c1-18(2)19(3)7-8-20(4)24-11-12-25-23-10-9-21-17-22(29)13-15-27(21,5)26(23)14-16-28(24,25)6/h7-10,17-20,24,26H,11-16H2,1-6H3/t19-,20+,24+,26-,27-,28+/m0/s1. The van der Waals surface area contributed by atoms with E-state index >= 15 is 0 Å². The third kappa shape index (κ3) is 3.33. The van der Waals surface area contributed by atoms with E-state index in [-0.39, 0.29) is 5.41 Å². The predicted octanol–water partition coefficient (Wildman–Crippen LogP) is 7.46. The maximum Gasteiger partial charge on any atom is 0.156 e. The summed E-state index contributed by atoms with van der Waals surface area (Å²) in [4.78, 5) is 12.0. The summed E-state index contributed by atoms with van der Waals surface area (Å²) >= 11 is 0. The van der Waals surface area contributed by atoms with Crippen LogP contribution in [0.25, 0.3) is 0 Å². The summed E-state index contributed by atoms with van der Waals surface area (Å²) in [6.07, 6.45) is 18.5. The molecule has 1 saturated carbocycles. The van der Waals surface area contributed by atoms with E-state index in [0.717, 1.165) is 18.8 Å². The number of carbonyl (C=O) groups is 1. The number of rotatable bonds is 4. The first-order valence-electron chi connectivity index (χ1n) is 12.0. The van der Waals surface area contributed by atoms with Gasteiger partial charge >= 0.3 is 0 Å². The zero-order chi connectivity index (χ0) is 21.0. The van der Waals surface area contributed by atoms with Crippen molar-refractivity contribution >= 4 is 5.78 Å². The van der Waals surface area contributed by atoms with Gasteiger partial charge in [0.15, 0.2) is 5.78 Å². The molecule has 0 aromatic carbocycles. The molecule has 0 aromatic heterocycles. The van der Waals surface area contributed by atoms with Gasteiger partial charge in [0.05, 0.1) is 0 Å². The van der Waals surface area contributed by atoms with E-state index < -0.39 is 0 Å². The van der Waals surface area contributed by atoms with Crippen molar-refractivity contribution in [3.63, 3.8) is 0 Å². The Bertz CT molecular complexity index is 806. The molecule has 1 nitrogen and oxygen atoms in total. The Morgan fingerprint density at radius 2 is 1.72 bits per heavy atom. The molecule has 1 heteroatoms. The third-order valence-corrected chi connectivity index (χ3v) is 9.37. The van der Waals surface area contributed by atoms with Crippen LogP contribution in [-0.4, -0.2) is 5.78 Å². The molecule has 0 N–H and O–H groups in total. The minimum atomic E-state index is 0.169. The van der Waals surface area contributed by atoms with Crippen molar-refractivity contribution in [1.29, 1.82) is 0 Å². The second kappa shape index (κ2) is 7.40. The molecule has 0 saturated heterocycles. The van der Waals surface area contributed by atoms with E-state index in [1.807, 2.05) is 6.08 Å². The Morgan fingerprint density at radius 1 is 0.966 bits per heavy atom. The SMILES string of the molecule is CC(C)[C@@H](C)C=C[C@@H](C)[C@H]1CCC2=C3C=CC4=CC(=O)CC[C@]4(C)[C@H]3CC[C@@]21C. The molecule has 0 radical (unpaired) electrons. The van der Waals surface area contributed by atoms with Crippen molar-refractivity contribution in [2.75, 3.05) is 0 Å². The normalized spacial score (nSPS) is 38.7. The first kappa shape index (κ1) is 20.9. The second-order valence-corrected chi connectivity index (χ2v) is 11.3. The number of hydrogen-bond acceptors (Lipinski definition) is 1. The highest BCUT2D eigenvalue weighted by Crippen LogP contribution is 2.63. The molecule has 0 unspecified atom stereocenters. The second-order valence-electron chi connectivity index (χ2n) is 11.3. The highest BCUT2D eigenvalue weighted by Gasteiger charge is 2.53. The number of carbonyl (C=O) groups excluding carboxylic acids is 1. The summed E-state index contributed by atoms with van der Waals surface area (Å²) in [6.45, 7) is 14.4. The van der Waals surface area contributed by atoms with Crippen LogP contribution in [0.15, 0.2) is 47.1 Å². The fourth-order valence-electron chi connectivity index (χ4n) is 6.91. The van der Waals surface area contributed by atoms with Crippen LogP contribution in [0.2, 0.25) is 0 Å². The molecule has 0 aromatic rings. The molecular formula is C28H40O. The number of ketones is 1. The van der Waals surface area contributed by atoms with Crippen LogP contribution >= 0.6 is 0 Å². The lowest BCUT2D eigenvalue weighted by atomic mass is 9.53. The average molecular weight is 393 g/mol. The molecule has 0 bridgehead atoms. The van der Waals surface area contributed by atoms with Gasteiger partial charge in [0, 0.05) is 6.42 Å². The Morgan fingerprint density at radius 3 is 2.45 bits per heavy atom. The quantitative estimate of drug-likeness (QED) is 0.454. The Kier molecular flexibility index (Phi) is 5.33. The third-order valence-electron chi connectivity index (χ3n) is 9.37. The van der Waals surface area contributed by atoms with Crippen molar-refractivity contribution < 1.29 is 4.79 Å². The van der Waals surface area contributed by atoms with E-state index in [2.05, 4.69) is 65.8 Å². The van der Waals surface area contributed by atoms with Gasteiger partial charge < -0.3 is 0 Å². The van der Waals surface area contributed by atoms with Crippen LogP contribution in [0, 0.1) is 40.4 Å².